The van der Waals surface area contributed by atoms with Gasteiger partial charge in [0.25, 0.3) is 5.91 Å². The molecule has 0 unspecified atom stereocenters. The maximum absolute atomic E-state index is 13.6. The smallest absolute Gasteiger partial charge is 0.258 e. The molecule has 0 aliphatic carbocycles. The minimum atomic E-state index is -0.893. The van der Waals surface area contributed by atoms with Gasteiger partial charge in [-0.2, -0.15) is 5.10 Å². The van der Waals surface area contributed by atoms with Crippen LogP contribution in [0, 0.1) is 11.6 Å². The first kappa shape index (κ1) is 14.9. The van der Waals surface area contributed by atoms with Crippen LogP contribution in [0.1, 0.15) is 15.9 Å². The molecule has 0 bridgehead atoms. The van der Waals surface area contributed by atoms with E-state index in [0.717, 1.165) is 17.7 Å². The average Bonchev–Trinajstić information content (AvgIpc) is 3.00. The number of amides is 1. The molecule has 0 saturated heterocycles. The zero-order chi connectivity index (χ0) is 16.2. The summed E-state index contributed by atoms with van der Waals surface area (Å²) in [5, 5.41) is 6.72. The van der Waals surface area contributed by atoms with Gasteiger partial charge in [0.1, 0.15) is 11.6 Å². The van der Waals surface area contributed by atoms with E-state index < -0.39 is 17.5 Å². The number of carbonyl (C=O) groups excluding carboxylic acids is 1. The quantitative estimate of drug-likeness (QED) is 0.802. The number of aromatic nitrogens is 2. The molecule has 3 aromatic rings. The minimum Gasteiger partial charge on any atom is -0.322 e. The van der Waals surface area contributed by atoms with E-state index in [9.17, 15) is 13.6 Å². The van der Waals surface area contributed by atoms with Crippen LogP contribution in [0.15, 0.2) is 60.9 Å². The van der Waals surface area contributed by atoms with Crippen molar-refractivity contribution in [3.05, 3.63) is 83.7 Å². The SMILES string of the molecule is O=C(Nc1cccc(Cn2cccn2)c1)c1ccc(F)cc1F. The molecule has 1 N–H and O–H groups in total. The largest absolute Gasteiger partial charge is 0.322 e. The Morgan fingerprint density at radius 2 is 2.00 bits per heavy atom. The molecule has 6 heteroatoms. The van der Waals surface area contributed by atoms with Gasteiger partial charge in [0.05, 0.1) is 12.1 Å². The zero-order valence-corrected chi connectivity index (χ0v) is 12.0. The second kappa shape index (κ2) is 6.39. The van der Waals surface area contributed by atoms with E-state index in [-0.39, 0.29) is 5.56 Å². The number of rotatable bonds is 4. The highest BCUT2D eigenvalue weighted by Gasteiger charge is 2.12. The summed E-state index contributed by atoms with van der Waals surface area (Å²) in [6.07, 6.45) is 3.52. The number of benzene rings is 2. The number of nitrogens with one attached hydrogen (secondary N) is 1. The summed E-state index contributed by atoms with van der Waals surface area (Å²) in [5.41, 5.74) is 1.26. The molecule has 0 atom stereocenters. The number of anilines is 1. The summed E-state index contributed by atoms with van der Waals surface area (Å²) in [4.78, 5) is 12.1. The molecule has 0 radical (unpaired) electrons. The van der Waals surface area contributed by atoms with Crippen LogP contribution in [0.25, 0.3) is 0 Å². The number of halogens is 2. The lowest BCUT2D eigenvalue weighted by molar-refractivity contribution is 0.102. The van der Waals surface area contributed by atoms with E-state index in [1.165, 1.54) is 0 Å². The number of hydrogen-bond acceptors (Lipinski definition) is 2. The number of nitrogens with zero attached hydrogens (tertiary/aromatic N) is 2. The fourth-order valence-corrected chi connectivity index (χ4v) is 2.20. The van der Waals surface area contributed by atoms with Crippen LogP contribution in [0.5, 0.6) is 0 Å². The standard InChI is InChI=1S/C17H13F2N3O/c18-13-5-6-15(16(19)10-13)17(23)21-14-4-1-3-12(9-14)11-22-8-2-7-20-22/h1-10H,11H2,(H,21,23). The average molecular weight is 313 g/mol. The van der Waals surface area contributed by atoms with E-state index in [4.69, 9.17) is 0 Å². The number of hydrogen-bond donors (Lipinski definition) is 1. The van der Waals surface area contributed by atoms with Gasteiger partial charge in [-0.05, 0) is 35.9 Å². The lowest BCUT2D eigenvalue weighted by atomic mass is 10.1. The van der Waals surface area contributed by atoms with E-state index in [1.54, 1.807) is 29.1 Å². The number of carbonyl (C=O) groups is 1. The van der Waals surface area contributed by atoms with Gasteiger partial charge in [-0.1, -0.05) is 12.1 Å². The highest BCUT2D eigenvalue weighted by Crippen LogP contribution is 2.15. The summed E-state index contributed by atoms with van der Waals surface area (Å²) in [6.45, 7) is 0.557. The van der Waals surface area contributed by atoms with Gasteiger partial charge in [0.15, 0.2) is 0 Å². The highest BCUT2D eigenvalue weighted by atomic mass is 19.1. The molecule has 1 amide bonds. The summed E-state index contributed by atoms with van der Waals surface area (Å²) < 4.78 is 28.3. The van der Waals surface area contributed by atoms with Crippen LogP contribution in [0.3, 0.4) is 0 Å². The molecule has 116 valence electrons. The Balaban J connectivity index is 1.76. The van der Waals surface area contributed by atoms with Gasteiger partial charge in [-0.15, -0.1) is 0 Å². The topological polar surface area (TPSA) is 46.9 Å². The Morgan fingerprint density at radius 1 is 1.13 bits per heavy atom. The fraction of sp³-hybridized carbons (Fsp3) is 0.0588. The zero-order valence-electron chi connectivity index (χ0n) is 12.0. The van der Waals surface area contributed by atoms with E-state index in [2.05, 4.69) is 10.4 Å². The van der Waals surface area contributed by atoms with Crippen LogP contribution < -0.4 is 5.32 Å². The van der Waals surface area contributed by atoms with Crippen LogP contribution >= 0.6 is 0 Å². The maximum Gasteiger partial charge on any atom is 0.258 e. The van der Waals surface area contributed by atoms with E-state index >= 15 is 0 Å². The van der Waals surface area contributed by atoms with Crippen LogP contribution in [-0.2, 0) is 6.54 Å². The van der Waals surface area contributed by atoms with Crippen molar-refractivity contribution in [3.63, 3.8) is 0 Å². The summed E-state index contributed by atoms with van der Waals surface area (Å²) in [6, 6.07) is 11.8. The van der Waals surface area contributed by atoms with Crippen molar-refractivity contribution in [2.24, 2.45) is 0 Å². The van der Waals surface area contributed by atoms with Crippen molar-refractivity contribution >= 4 is 11.6 Å². The van der Waals surface area contributed by atoms with Crippen LogP contribution in [-0.4, -0.2) is 15.7 Å². The summed E-state index contributed by atoms with van der Waals surface area (Å²) in [5.74, 6) is -2.24. The first-order valence-corrected chi connectivity index (χ1v) is 6.94. The molecule has 0 aliphatic heterocycles. The molecule has 0 aliphatic rings. The van der Waals surface area contributed by atoms with Crippen LogP contribution in [0.4, 0.5) is 14.5 Å². The molecule has 2 aromatic carbocycles. The summed E-state index contributed by atoms with van der Waals surface area (Å²) in [7, 11) is 0. The lowest BCUT2D eigenvalue weighted by Crippen LogP contribution is -2.14. The molecule has 1 aromatic heterocycles. The van der Waals surface area contributed by atoms with Gasteiger partial charge in [0.2, 0.25) is 0 Å². The fourth-order valence-electron chi connectivity index (χ4n) is 2.20. The molecular formula is C17H13F2N3O. The van der Waals surface area contributed by atoms with E-state index in [1.807, 2.05) is 18.3 Å². The molecule has 23 heavy (non-hydrogen) atoms. The Labute approximate surface area is 131 Å². The Hall–Kier alpha value is -3.02. The van der Waals surface area contributed by atoms with Crippen molar-refractivity contribution in [3.8, 4) is 0 Å². The third kappa shape index (κ3) is 3.60. The molecular weight excluding hydrogens is 300 g/mol. The van der Waals surface area contributed by atoms with Crippen molar-refractivity contribution in [2.75, 3.05) is 5.32 Å². The molecule has 4 nitrogen and oxygen atoms in total. The minimum absolute atomic E-state index is 0.205. The van der Waals surface area contributed by atoms with Crippen LogP contribution in [0.2, 0.25) is 0 Å². The Morgan fingerprint density at radius 3 is 2.74 bits per heavy atom. The molecule has 3 rings (SSSR count). The van der Waals surface area contributed by atoms with Crippen molar-refractivity contribution < 1.29 is 13.6 Å². The summed E-state index contributed by atoms with van der Waals surface area (Å²) >= 11 is 0. The molecule has 0 saturated carbocycles. The van der Waals surface area contributed by atoms with Gasteiger partial charge in [0, 0.05) is 24.1 Å². The third-order valence-corrected chi connectivity index (χ3v) is 3.26. The normalized spacial score (nSPS) is 10.5. The van der Waals surface area contributed by atoms with Gasteiger partial charge in [-0.25, -0.2) is 8.78 Å². The highest BCUT2D eigenvalue weighted by molar-refractivity contribution is 6.04. The van der Waals surface area contributed by atoms with Crippen molar-refractivity contribution in [1.82, 2.24) is 9.78 Å². The van der Waals surface area contributed by atoms with Gasteiger partial charge < -0.3 is 5.32 Å². The predicted molar refractivity (Wildman–Crippen MR) is 82.1 cm³/mol. The van der Waals surface area contributed by atoms with Crippen molar-refractivity contribution in [2.45, 2.75) is 6.54 Å². The molecule has 1 heterocycles. The van der Waals surface area contributed by atoms with Crippen molar-refractivity contribution in [1.29, 1.82) is 0 Å². The Bertz CT molecular complexity index is 832. The second-order valence-corrected chi connectivity index (χ2v) is 4.98. The van der Waals surface area contributed by atoms with Gasteiger partial charge >= 0.3 is 0 Å². The van der Waals surface area contributed by atoms with E-state index in [0.29, 0.717) is 18.3 Å². The lowest BCUT2D eigenvalue weighted by Gasteiger charge is -2.08. The van der Waals surface area contributed by atoms with Gasteiger partial charge in [-0.3, -0.25) is 9.48 Å². The Kier molecular flexibility index (Phi) is 4.14. The first-order valence-electron chi connectivity index (χ1n) is 6.94. The monoisotopic (exact) mass is 313 g/mol. The molecule has 0 fully saturated rings. The second-order valence-electron chi connectivity index (χ2n) is 4.98. The predicted octanol–water partition coefficient (Wildman–Crippen LogP) is 3.46. The maximum atomic E-state index is 13.6. The molecule has 0 spiro atoms. The first-order chi connectivity index (χ1) is 11.1. The third-order valence-electron chi connectivity index (χ3n) is 3.26.